The maximum atomic E-state index is 13.6. The van der Waals surface area contributed by atoms with Gasteiger partial charge in [-0.15, -0.1) is 0 Å². The first-order valence-electron chi connectivity index (χ1n) is 9.43. The van der Waals surface area contributed by atoms with E-state index in [4.69, 9.17) is 11.6 Å². The van der Waals surface area contributed by atoms with Crippen LogP contribution in [-0.4, -0.2) is 27.1 Å². The number of aromatic nitrogens is 2. The molecule has 0 saturated carbocycles. The summed E-state index contributed by atoms with van der Waals surface area (Å²) in [5.74, 6) is -1.93. The van der Waals surface area contributed by atoms with E-state index in [9.17, 15) is 18.8 Å². The zero-order chi connectivity index (χ0) is 22.5. The molecule has 3 rings (SSSR count). The van der Waals surface area contributed by atoms with Gasteiger partial charge in [0, 0.05) is 11.6 Å². The third kappa shape index (κ3) is 5.62. The number of benzene rings is 2. The number of rotatable bonds is 6. The second kappa shape index (κ2) is 9.93. The second-order valence-corrected chi connectivity index (χ2v) is 8.52. The summed E-state index contributed by atoms with van der Waals surface area (Å²) in [6, 6.07) is 10.3. The van der Waals surface area contributed by atoms with Crippen LogP contribution < -0.4 is 16.4 Å². The van der Waals surface area contributed by atoms with Crippen LogP contribution in [0, 0.1) is 11.7 Å². The van der Waals surface area contributed by atoms with Crippen molar-refractivity contribution in [3.63, 3.8) is 0 Å². The van der Waals surface area contributed by atoms with Gasteiger partial charge in [-0.25, -0.2) is 9.37 Å². The SMILES string of the molecule is CC(C)Cn1c(SCC(=O)NNC(=O)c2ccccc2F)nc2ccc(Cl)cc2c1=O. The molecule has 0 saturated heterocycles. The second-order valence-electron chi connectivity index (χ2n) is 7.14. The molecule has 162 valence electrons. The predicted octanol–water partition coefficient (Wildman–Crippen LogP) is 3.40. The molecule has 0 spiro atoms. The summed E-state index contributed by atoms with van der Waals surface area (Å²) in [5, 5.41) is 1.22. The van der Waals surface area contributed by atoms with Crippen LogP contribution in [0.5, 0.6) is 0 Å². The number of amides is 2. The standard InChI is InChI=1S/C21H20ClFN4O3S/c1-12(2)10-27-20(30)15-9-13(22)7-8-17(15)24-21(27)31-11-18(28)25-26-19(29)14-5-3-4-6-16(14)23/h3-9,12H,10-11H2,1-2H3,(H,25,28)(H,26,29). The van der Waals surface area contributed by atoms with Crippen molar-refractivity contribution in [1.29, 1.82) is 0 Å². The van der Waals surface area contributed by atoms with Crippen LogP contribution in [0.15, 0.2) is 52.4 Å². The highest BCUT2D eigenvalue weighted by molar-refractivity contribution is 7.99. The first kappa shape index (κ1) is 22.8. The molecule has 2 N–H and O–H groups in total. The Hall–Kier alpha value is -2.91. The van der Waals surface area contributed by atoms with Crippen LogP contribution in [0.4, 0.5) is 4.39 Å². The molecule has 0 fully saturated rings. The van der Waals surface area contributed by atoms with E-state index < -0.39 is 17.6 Å². The number of hydrogen-bond donors (Lipinski definition) is 2. The molecule has 7 nitrogen and oxygen atoms in total. The van der Waals surface area contributed by atoms with Gasteiger partial charge >= 0.3 is 0 Å². The Morgan fingerprint density at radius 2 is 1.94 bits per heavy atom. The van der Waals surface area contributed by atoms with Crippen LogP contribution in [-0.2, 0) is 11.3 Å². The zero-order valence-electron chi connectivity index (χ0n) is 16.8. The average Bonchev–Trinajstić information content (AvgIpc) is 2.73. The highest BCUT2D eigenvalue weighted by Gasteiger charge is 2.16. The van der Waals surface area contributed by atoms with Gasteiger partial charge in [0.2, 0.25) is 5.91 Å². The van der Waals surface area contributed by atoms with E-state index in [2.05, 4.69) is 15.8 Å². The molecule has 0 aliphatic rings. The largest absolute Gasteiger partial charge is 0.287 e. The minimum Gasteiger partial charge on any atom is -0.287 e. The van der Waals surface area contributed by atoms with E-state index in [-0.39, 0.29) is 22.8 Å². The first-order valence-corrected chi connectivity index (χ1v) is 10.8. The number of fused-ring (bicyclic) bond motifs is 1. The van der Waals surface area contributed by atoms with Crippen molar-refractivity contribution in [2.75, 3.05) is 5.75 Å². The number of hydrogen-bond acceptors (Lipinski definition) is 5. The Morgan fingerprint density at radius 3 is 2.65 bits per heavy atom. The molecule has 1 heterocycles. The van der Waals surface area contributed by atoms with Gasteiger partial charge in [0.15, 0.2) is 5.16 Å². The highest BCUT2D eigenvalue weighted by Crippen LogP contribution is 2.21. The molecule has 10 heteroatoms. The van der Waals surface area contributed by atoms with Crippen molar-refractivity contribution >= 4 is 46.1 Å². The summed E-state index contributed by atoms with van der Waals surface area (Å²) >= 11 is 7.08. The molecule has 0 bridgehead atoms. The zero-order valence-corrected chi connectivity index (χ0v) is 18.4. The van der Waals surface area contributed by atoms with Crippen molar-refractivity contribution in [3.8, 4) is 0 Å². The molecule has 0 aliphatic carbocycles. The lowest BCUT2D eigenvalue weighted by atomic mass is 10.2. The number of thioether (sulfide) groups is 1. The smallest absolute Gasteiger partial charge is 0.272 e. The maximum absolute atomic E-state index is 13.6. The summed E-state index contributed by atoms with van der Waals surface area (Å²) in [4.78, 5) is 41.6. The number of carbonyl (C=O) groups is 2. The lowest BCUT2D eigenvalue weighted by molar-refractivity contribution is -0.119. The fourth-order valence-corrected chi connectivity index (χ4v) is 3.80. The van der Waals surface area contributed by atoms with Gasteiger partial charge in [-0.2, -0.15) is 0 Å². The molecule has 1 aromatic heterocycles. The van der Waals surface area contributed by atoms with Gasteiger partial charge in [0.05, 0.1) is 22.2 Å². The van der Waals surface area contributed by atoms with Gasteiger partial charge in [-0.1, -0.05) is 49.3 Å². The highest BCUT2D eigenvalue weighted by atomic mass is 35.5. The first-order chi connectivity index (χ1) is 14.8. The fourth-order valence-electron chi connectivity index (χ4n) is 2.81. The summed E-state index contributed by atoms with van der Waals surface area (Å²) in [5.41, 5.74) is 4.47. The summed E-state index contributed by atoms with van der Waals surface area (Å²) < 4.78 is 15.2. The van der Waals surface area contributed by atoms with Gasteiger partial charge in [0.1, 0.15) is 5.82 Å². The molecular weight excluding hydrogens is 443 g/mol. The molecule has 2 aromatic carbocycles. The maximum Gasteiger partial charge on any atom is 0.272 e. The van der Waals surface area contributed by atoms with Crippen LogP contribution in [0.2, 0.25) is 5.02 Å². The molecule has 0 unspecified atom stereocenters. The minimum absolute atomic E-state index is 0.110. The van der Waals surface area contributed by atoms with Gasteiger partial charge < -0.3 is 0 Å². The van der Waals surface area contributed by atoms with Crippen molar-refractivity contribution in [3.05, 3.63) is 69.2 Å². The summed E-state index contributed by atoms with van der Waals surface area (Å²) in [6.45, 7) is 4.35. The minimum atomic E-state index is -0.770. The van der Waals surface area contributed by atoms with Gasteiger partial charge in [-0.3, -0.25) is 29.8 Å². The van der Waals surface area contributed by atoms with Gasteiger partial charge in [-0.05, 0) is 36.2 Å². The molecule has 2 amide bonds. The predicted molar refractivity (Wildman–Crippen MR) is 119 cm³/mol. The Balaban J connectivity index is 1.73. The summed E-state index contributed by atoms with van der Waals surface area (Å²) in [6.07, 6.45) is 0. The molecule has 0 atom stereocenters. The van der Waals surface area contributed by atoms with Crippen LogP contribution in [0.1, 0.15) is 24.2 Å². The van der Waals surface area contributed by atoms with Crippen LogP contribution in [0.25, 0.3) is 10.9 Å². The number of carbonyl (C=O) groups excluding carboxylic acids is 2. The third-order valence-corrected chi connectivity index (χ3v) is 5.41. The van der Waals surface area contributed by atoms with Crippen molar-refractivity contribution in [2.45, 2.75) is 25.5 Å². The summed E-state index contributed by atoms with van der Waals surface area (Å²) in [7, 11) is 0. The molecule has 3 aromatic rings. The fraction of sp³-hybridized carbons (Fsp3) is 0.238. The van der Waals surface area contributed by atoms with Crippen molar-refractivity contribution in [1.82, 2.24) is 20.4 Å². The number of nitrogens with one attached hydrogen (secondary N) is 2. The van der Waals surface area contributed by atoms with Crippen molar-refractivity contribution < 1.29 is 14.0 Å². The lowest BCUT2D eigenvalue weighted by Crippen LogP contribution is -2.42. The Labute approximate surface area is 187 Å². The molecular formula is C21H20ClFN4O3S. The lowest BCUT2D eigenvalue weighted by Gasteiger charge is -2.15. The third-order valence-electron chi connectivity index (χ3n) is 4.20. The van der Waals surface area contributed by atoms with E-state index in [0.29, 0.717) is 27.6 Å². The van der Waals surface area contributed by atoms with E-state index >= 15 is 0 Å². The Bertz CT molecular complexity index is 1200. The Morgan fingerprint density at radius 1 is 1.19 bits per heavy atom. The van der Waals surface area contributed by atoms with E-state index in [1.54, 1.807) is 18.2 Å². The number of nitrogens with zero attached hydrogens (tertiary/aromatic N) is 2. The quantitative estimate of drug-likeness (QED) is 0.333. The van der Waals surface area contributed by atoms with Crippen LogP contribution in [0.3, 0.4) is 0 Å². The monoisotopic (exact) mass is 462 g/mol. The van der Waals surface area contributed by atoms with Crippen LogP contribution >= 0.6 is 23.4 Å². The van der Waals surface area contributed by atoms with E-state index in [0.717, 1.165) is 17.8 Å². The molecule has 0 aliphatic heterocycles. The van der Waals surface area contributed by atoms with E-state index in [1.807, 2.05) is 13.8 Å². The van der Waals surface area contributed by atoms with E-state index in [1.165, 1.54) is 22.8 Å². The molecule has 0 radical (unpaired) electrons. The number of hydrazine groups is 1. The topological polar surface area (TPSA) is 93.1 Å². The van der Waals surface area contributed by atoms with Crippen molar-refractivity contribution in [2.24, 2.45) is 5.92 Å². The molecule has 31 heavy (non-hydrogen) atoms. The number of halogens is 2. The van der Waals surface area contributed by atoms with Gasteiger partial charge in [0.25, 0.3) is 11.5 Å². The average molecular weight is 463 g/mol. The normalized spacial score (nSPS) is 11.0. The Kier molecular flexibility index (Phi) is 7.29.